The minimum absolute atomic E-state index is 0.0374. The van der Waals surface area contributed by atoms with Gasteiger partial charge in [0.25, 0.3) is 21.8 Å². The first kappa shape index (κ1) is 30.7. The van der Waals surface area contributed by atoms with E-state index in [2.05, 4.69) is 15.8 Å². The number of anilines is 2. The van der Waals surface area contributed by atoms with Gasteiger partial charge in [-0.25, -0.2) is 18.2 Å². The maximum Gasteiger partial charge on any atom is 0.264 e. The first-order chi connectivity index (χ1) is 20.7. The van der Waals surface area contributed by atoms with Crippen LogP contribution in [0.15, 0.2) is 113 Å². The molecule has 12 heteroatoms. The predicted molar refractivity (Wildman–Crippen MR) is 161 cm³/mol. The minimum atomic E-state index is -4.07. The van der Waals surface area contributed by atoms with Gasteiger partial charge in [0, 0.05) is 5.69 Å². The number of hydrazone groups is 1. The van der Waals surface area contributed by atoms with E-state index in [-0.39, 0.29) is 17.2 Å². The van der Waals surface area contributed by atoms with Crippen molar-refractivity contribution in [2.45, 2.75) is 11.8 Å². The largest absolute Gasteiger partial charge is 0.494 e. The van der Waals surface area contributed by atoms with Crippen LogP contribution in [0.4, 0.5) is 15.8 Å². The highest BCUT2D eigenvalue weighted by molar-refractivity contribution is 7.92. The first-order valence-electron chi connectivity index (χ1n) is 13.2. The summed E-state index contributed by atoms with van der Waals surface area (Å²) in [5, 5.41) is 6.54. The number of halogens is 1. The molecule has 4 aromatic rings. The van der Waals surface area contributed by atoms with Crippen molar-refractivity contribution in [1.82, 2.24) is 5.43 Å². The molecule has 0 aromatic heterocycles. The molecule has 0 saturated carbocycles. The Morgan fingerprint density at radius 1 is 0.837 bits per heavy atom. The summed E-state index contributed by atoms with van der Waals surface area (Å²) in [4.78, 5) is 24.9. The van der Waals surface area contributed by atoms with Crippen molar-refractivity contribution < 1.29 is 31.9 Å². The molecular weight excluding hydrogens is 575 g/mol. The van der Waals surface area contributed by atoms with Crippen LogP contribution in [0.25, 0.3) is 0 Å². The Hall–Kier alpha value is -5.23. The minimum Gasteiger partial charge on any atom is -0.494 e. The lowest BCUT2D eigenvalue weighted by Gasteiger charge is -2.24. The molecule has 2 N–H and O–H groups in total. The second kappa shape index (κ2) is 14.6. The number of nitrogens with zero attached hydrogens (tertiary/aromatic N) is 2. The van der Waals surface area contributed by atoms with Crippen molar-refractivity contribution in [3.8, 4) is 11.5 Å². The Labute approximate surface area is 248 Å². The molecule has 0 spiro atoms. The van der Waals surface area contributed by atoms with Crippen molar-refractivity contribution >= 4 is 39.4 Å². The summed E-state index contributed by atoms with van der Waals surface area (Å²) in [5.41, 5.74) is 3.71. The van der Waals surface area contributed by atoms with Gasteiger partial charge in [-0.3, -0.25) is 13.9 Å². The normalized spacial score (nSPS) is 11.1. The lowest BCUT2D eigenvalue weighted by molar-refractivity contribution is -0.119. The summed E-state index contributed by atoms with van der Waals surface area (Å²) in [5.74, 6) is -0.473. The topological polar surface area (TPSA) is 126 Å². The summed E-state index contributed by atoms with van der Waals surface area (Å²) in [6.07, 6.45) is 1.38. The zero-order valence-electron chi connectivity index (χ0n) is 23.1. The van der Waals surface area contributed by atoms with Crippen molar-refractivity contribution in [3.63, 3.8) is 0 Å². The molecule has 0 fully saturated rings. The number of ether oxygens (including phenoxy) is 2. The average Bonchev–Trinajstić information content (AvgIpc) is 3.02. The maximum atomic E-state index is 13.4. The van der Waals surface area contributed by atoms with Crippen LogP contribution in [-0.4, -0.2) is 46.2 Å². The SMILES string of the molecule is CCOc1ccc(N(CC(=O)N/N=C\c2ccc(OCC(=O)Nc3ccc(F)cc3)cc2)S(=O)(=O)c2ccccc2)cc1. The van der Waals surface area contributed by atoms with Gasteiger partial charge in [0.05, 0.1) is 23.4 Å². The van der Waals surface area contributed by atoms with E-state index in [1.165, 1.54) is 42.6 Å². The molecule has 222 valence electrons. The summed E-state index contributed by atoms with van der Waals surface area (Å²) in [7, 11) is -4.07. The standard InChI is InChI=1S/C31H29FN4O6S/c1-2-41-27-18-14-26(15-19-27)36(43(39,40)29-6-4-3-5-7-29)21-30(37)35-33-20-23-8-16-28(17-9-23)42-22-31(38)34-25-12-10-24(32)11-13-25/h3-20H,2,21-22H2,1H3,(H,34,38)(H,35,37)/b33-20-. The summed E-state index contributed by atoms with van der Waals surface area (Å²) in [6, 6.07) is 26.2. The molecule has 43 heavy (non-hydrogen) atoms. The quantitative estimate of drug-likeness (QED) is 0.170. The van der Waals surface area contributed by atoms with E-state index in [1.54, 1.807) is 66.7 Å². The van der Waals surface area contributed by atoms with E-state index in [0.717, 1.165) is 4.31 Å². The molecule has 2 amide bonds. The average molecular weight is 605 g/mol. The van der Waals surface area contributed by atoms with Gasteiger partial charge in [0.15, 0.2) is 6.61 Å². The van der Waals surface area contributed by atoms with Crippen LogP contribution in [0, 0.1) is 5.82 Å². The van der Waals surface area contributed by atoms with Crippen LogP contribution >= 0.6 is 0 Å². The van der Waals surface area contributed by atoms with Gasteiger partial charge < -0.3 is 14.8 Å². The highest BCUT2D eigenvalue weighted by Crippen LogP contribution is 2.25. The maximum absolute atomic E-state index is 13.4. The second-order valence-electron chi connectivity index (χ2n) is 8.96. The van der Waals surface area contributed by atoms with E-state index >= 15 is 0 Å². The zero-order chi connectivity index (χ0) is 30.7. The number of carbonyl (C=O) groups excluding carboxylic acids is 2. The fourth-order valence-corrected chi connectivity index (χ4v) is 5.23. The molecule has 0 aliphatic heterocycles. The number of benzene rings is 4. The second-order valence-corrected chi connectivity index (χ2v) is 10.8. The lowest BCUT2D eigenvalue weighted by Crippen LogP contribution is -2.39. The Morgan fingerprint density at radius 2 is 1.47 bits per heavy atom. The molecule has 4 rings (SSSR count). The third kappa shape index (κ3) is 8.88. The number of rotatable bonds is 13. The predicted octanol–water partition coefficient (Wildman–Crippen LogP) is 4.59. The molecule has 0 aliphatic carbocycles. The van der Waals surface area contributed by atoms with Crippen LogP contribution in [0.1, 0.15) is 12.5 Å². The number of hydrogen-bond donors (Lipinski definition) is 2. The van der Waals surface area contributed by atoms with Crippen LogP contribution in [0.2, 0.25) is 0 Å². The smallest absolute Gasteiger partial charge is 0.264 e. The molecule has 0 radical (unpaired) electrons. The summed E-state index contributed by atoms with van der Waals surface area (Å²) < 4.78 is 51.8. The van der Waals surface area contributed by atoms with Gasteiger partial charge in [-0.2, -0.15) is 5.10 Å². The molecule has 0 heterocycles. The van der Waals surface area contributed by atoms with Crippen LogP contribution < -0.4 is 24.5 Å². The van der Waals surface area contributed by atoms with Crippen molar-refractivity contribution in [2.24, 2.45) is 5.10 Å². The number of nitrogens with one attached hydrogen (secondary N) is 2. The molecule has 0 atom stereocenters. The molecular formula is C31H29FN4O6S. The molecule has 10 nitrogen and oxygen atoms in total. The van der Waals surface area contributed by atoms with E-state index < -0.39 is 34.2 Å². The Kier molecular flexibility index (Phi) is 10.4. The Bertz CT molecular complexity index is 1650. The summed E-state index contributed by atoms with van der Waals surface area (Å²) in [6.45, 7) is 1.53. The molecule has 0 aliphatic rings. The highest BCUT2D eigenvalue weighted by Gasteiger charge is 2.27. The third-order valence-electron chi connectivity index (χ3n) is 5.84. The zero-order valence-corrected chi connectivity index (χ0v) is 24.0. The first-order valence-corrected chi connectivity index (χ1v) is 14.6. The van der Waals surface area contributed by atoms with Crippen LogP contribution in [0.5, 0.6) is 11.5 Å². The number of carbonyl (C=O) groups is 2. The van der Waals surface area contributed by atoms with Crippen molar-refractivity contribution in [3.05, 3.63) is 115 Å². The van der Waals surface area contributed by atoms with Gasteiger partial charge in [0.2, 0.25) is 0 Å². The fraction of sp³-hybridized carbons (Fsp3) is 0.129. The number of amides is 2. The number of sulfonamides is 1. The van der Waals surface area contributed by atoms with Gasteiger partial charge in [-0.1, -0.05) is 18.2 Å². The highest BCUT2D eigenvalue weighted by atomic mass is 32.2. The molecule has 0 saturated heterocycles. The monoisotopic (exact) mass is 604 g/mol. The molecule has 0 bridgehead atoms. The van der Waals surface area contributed by atoms with Crippen LogP contribution in [-0.2, 0) is 19.6 Å². The molecule has 4 aromatic carbocycles. The van der Waals surface area contributed by atoms with E-state index in [0.29, 0.717) is 29.4 Å². The van der Waals surface area contributed by atoms with E-state index in [9.17, 15) is 22.4 Å². The van der Waals surface area contributed by atoms with Crippen molar-refractivity contribution in [1.29, 1.82) is 0 Å². The van der Waals surface area contributed by atoms with E-state index in [1.807, 2.05) is 6.92 Å². The fourth-order valence-electron chi connectivity index (χ4n) is 3.78. The molecule has 0 unspecified atom stereocenters. The van der Waals surface area contributed by atoms with Gasteiger partial charge in [0.1, 0.15) is 23.9 Å². The van der Waals surface area contributed by atoms with Crippen LogP contribution in [0.3, 0.4) is 0 Å². The lowest BCUT2D eigenvalue weighted by atomic mass is 10.2. The Balaban J connectivity index is 1.35. The van der Waals surface area contributed by atoms with Gasteiger partial charge >= 0.3 is 0 Å². The van der Waals surface area contributed by atoms with Gasteiger partial charge in [-0.05, 0) is 97.4 Å². The number of hydrogen-bond acceptors (Lipinski definition) is 7. The van der Waals surface area contributed by atoms with Crippen molar-refractivity contribution in [2.75, 3.05) is 29.4 Å². The third-order valence-corrected chi connectivity index (χ3v) is 7.62. The van der Waals surface area contributed by atoms with E-state index in [4.69, 9.17) is 9.47 Å². The van der Waals surface area contributed by atoms with Gasteiger partial charge in [-0.15, -0.1) is 0 Å². The summed E-state index contributed by atoms with van der Waals surface area (Å²) >= 11 is 0. The Morgan fingerprint density at radius 3 is 2.12 bits per heavy atom.